The number of aryl methyl sites for hydroxylation is 1. The van der Waals surface area contributed by atoms with Gasteiger partial charge in [0.05, 0.1) is 7.11 Å². The summed E-state index contributed by atoms with van der Waals surface area (Å²) < 4.78 is 4.44. The number of hydrogen-bond donors (Lipinski definition) is 1. The minimum absolute atomic E-state index is 0.107. The number of halogens is 1. The third-order valence-corrected chi connectivity index (χ3v) is 2.49. The van der Waals surface area contributed by atoms with Crippen LogP contribution in [0.3, 0.4) is 0 Å². The number of carbonyl (C=O) groups excluding carboxylic acids is 1. The van der Waals surface area contributed by atoms with Gasteiger partial charge in [0, 0.05) is 16.9 Å². The Labute approximate surface area is 104 Å². The van der Waals surface area contributed by atoms with Gasteiger partial charge in [-0.2, -0.15) is 5.26 Å². The summed E-state index contributed by atoms with van der Waals surface area (Å²) in [4.78, 5) is 11.1. The van der Waals surface area contributed by atoms with Gasteiger partial charge in [-0.25, -0.2) is 4.79 Å². The molecule has 0 aliphatic rings. The van der Waals surface area contributed by atoms with Gasteiger partial charge in [-0.05, 0) is 24.6 Å². The number of carbonyl (C=O) groups is 1. The van der Waals surface area contributed by atoms with Crippen molar-refractivity contribution < 1.29 is 9.53 Å². The maximum Gasteiger partial charge on any atom is 0.350 e. The molecule has 0 bridgehead atoms. The molecule has 0 saturated carbocycles. The van der Waals surface area contributed by atoms with E-state index in [4.69, 9.17) is 16.9 Å². The highest BCUT2D eigenvalue weighted by Crippen LogP contribution is 2.20. The smallest absolute Gasteiger partial charge is 0.350 e. The molecule has 0 unspecified atom stereocenters. The van der Waals surface area contributed by atoms with E-state index >= 15 is 0 Å². The van der Waals surface area contributed by atoms with Gasteiger partial charge in [0.25, 0.3) is 0 Å². The molecule has 1 aromatic rings. The van der Waals surface area contributed by atoms with Crippen molar-refractivity contribution in [3.8, 4) is 6.07 Å². The van der Waals surface area contributed by atoms with Gasteiger partial charge in [-0.3, -0.25) is 0 Å². The predicted molar refractivity (Wildman–Crippen MR) is 65.5 cm³/mol. The molecule has 0 spiro atoms. The van der Waals surface area contributed by atoms with Gasteiger partial charge in [0.2, 0.25) is 0 Å². The van der Waals surface area contributed by atoms with Crippen molar-refractivity contribution in [3.63, 3.8) is 0 Å². The van der Waals surface area contributed by atoms with Crippen LogP contribution in [0, 0.1) is 18.3 Å². The van der Waals surface area contributed by atoms with Crippen LogP contribution >= 0.6 is 11.6 Å². The molecule has 88 valence electrons. The molecule has 5 heteroatoms. The lowest BCUT2D eigenvalue weighted by Crippen LogP contribution is -2.05. The van der Waals surface area contributed by atoms with Gasteiger partial charge in [-0.1, -0.05) is 17.7 Å². The van der Waals surface area contributed by atoms with Crippen molar-refractivity contribution in [2.45, 2.75) is 6.92 Å². The number of ether oxygens (including phenoxy) is 1. The number of esters is 1. The minimum Gasteiger partial charge on any atom is -0.465 e. The standard InChI is InChI=1S/C12H11ClN2O2/c1-8-3-4-10(5-11(8)13)15-7-9(6-14)12(16)17-2/h3-5,7,15H,1-2H3/b9-7-. The molecule has 0 amide bonds. The van der Waals surface area contributed by atoms with Gasteiger partial charge >= 0.3 is 5.97 Å². The number of nitrogens with one attached hydrogen (secondary N) is 1. The van der Waals surface area contributed by atoms with E-state index in [0.717, 1.165) is 5.56 Å². The van der Waals surface area contributed by atoms with Crippen molar-refractivity contribution in [3.05, 3.63) is 40.6 Å². The van der Waals surface area contributed by atoms with Crippen molar-refractivity contribution in [2.24, 2.45) is 0 Å². The van der Waals surface area contributed by atoms with Crippen molar-refractivity contribution in [2.75, 3.05) is 12.4 Å². The maximum absolute atomic E-state index is 11.1. The number of methoxy groups -OCH3 is 1. The molecule has 0 aliphatic carbocycles. The Hall–Kier alpha value is -1.99. The first kappa shape index (κ1) is 13.1. The van der Waals surface area contributed by atoms with Gasteiger partial charge in [0.15, 0.2) is 5.57 Å². The Kier molecular flexibility index (Phi) is 4.56. The summed E-state index contributed by atoms with van der Waals surface area (Å²) in [6.45, 7) is 1.89. The highest BCUT2D eigenvalue weighted by atomic mass is 35.5. The molecular formula is C12H11ClN2O2. The Morgan fingerprint density at radius 2 is 2.29 bits per heavy atom. The van der Waals surface area contributed by atoms with Gasteiger partial charge in [0.1, 0.15) is 6.07 Å². The molecule has 0 atom stereocenters. The van der Waals surface area contributed by atoms with Crippen LogP contribution in [0.1, 0.15) is 5.56 Å². The zero-order chi connectivity index (χ0) is 12.8. The third-order valence-electron chi connectivity index (χ3n) is 2.08. The molecule has 1 N–H and O–H groups in total. The van der Waals surface area contributed by atoms with Crippen molar-refractivity contribution in [1.29, 1.82) is 5.26 Å². The fourth-order valence-electron chi connectivity index (χ4n) is 1.08. The second-order valence-electron chi connectivity index (χ2n) is 3.27. The van der Waals surface area contributed by atoms with Crippen LogP contribution in [0.15, 0.2) is 30.0 Å². The van der Waals surface area contributed by atoms with Gasteiger partial charge in [-0.15, -0.1) is 0 Å². The van der Waals surface area contributed by atoms with E-state index in [1.807, 2.05) is 13.0 Å². The maximum atomic E-state index is 11.1. The first-order chi connectivity index (χ1) is 8.08. The highest BCUT2D eigenvalue weighted by Gasteiger charge is 2.07. The molecule has 4 nitrogen and oxygen atoms in total. The first-order valence-corrected chi connectivity index (χ1v) is 5.17. The summed E-state index contributed by atoms with van der Waals surface area (Å²) in [6.07, 6.45) is 1.28. The molecule has 0 saturated heterocycles. The largest absolute Gasteiger partial charge is 0.465 e. The summed E-state index contributed by atoms with van der Waals surface area (Å²) in [7, 11) is 1.22. The Morgan fingerprint density at radius 1 is 1.59 bits per heavy atom. The first-order valence-electron chi connectivity index (χ1n) is 4.79. The van der Waals surface area contributed by atoms with E-state index < -0.39 is 5.97 Å². The number of rotatable bonds is 3. The third kappa shape index (κ3) is 3.51. The average molecular weight is 251 g/mol. The lowest BCUT2D eigenvalue weighted by molar-refractivity contribution is -0.135. The molecule has 0 fully saturated rings. The van der Waals surface area contributed by atoms with E-state index in [1.165, 1.54) is 13.3 Å². The summed E-state index contributed by atoms with van der Waals surface area (Å²) in [5.74, 6) is -0.682. The average Bonchev–Trinajstić information content (AvgIpc) is 2.33. The molecule has 0 heterocycles. The number of nitrogens with zero attached hydrogens (tertiary/aromatic N) is 1. The zero-order valence-corrected chi connectivity index (χ0v) is 10.2. The summed E-state index contributed by atoms with van der Waals surface area (Å²) in [6, 6.07) is 7.08. The van der Waals surface area contributed by atoms with E-state index in [-0.39, 0.29) is 5.57 Å². The molecule has 0 radical (unpaired) electrons. The topological polar surface area (TPSA) is 62.1 Å². The molecule has 17 heavy (non-hydrogen) atoms. The fraction of sp³-hybridized carbons (Fsp3) is 0.167. The van der Waals surface area contributed by atoms with Crippen LogP contribution in [-0.4, -0.2) is 13.1 Å². The zero-order valence-electron chi connectivity index (χ0n) is 9.45. The highest BCUT2D eigenvalue weighted by molar-refractivity contribution is 6.31. The molecule has 0 aromatic heterocycles. The molecule has 0 aliphatic heterocycles. The molecular weight excluding hydrogens is 240 g/mol. The number of anilines is 1. The van der Waals surface area contributed by atoms with Gasteiger partial charge < -0.3 is 10.1 Å². The predicted octanol–water partition coefficient (Wildman–Crippen LogP) is 2.64. The quantitative estimate of drug-likeness (QED) is 0.509. The molecule has 1 aromatic carbocycles. The number of nitriles is 1. The van der Waals surface area contributed by atoms with Crippen LogP contribution in [0.25, 0.3) is 0 Å². The van der Waals surface area contributed by atoms with E-state index in [9.17, 15) is 4.79 Å². The van der Waals surface area contributed by atoms with Crippen LogP contribution in [0.5, 0.6) is 0 Å². The summed E-state index contributed by atoms with van der Waals surface area (Å²) in [5, 5.41) is 12.1. The Bertz CT molecular complexity index is 504. The normalized spacial score (nSPS) is 10.6. The van der Waals surface area contributed by atoms with Crippen LogP contribution < -0.4 is 5.32 Å². The van der Waals surface area contributed by atoms with E-state index in [1.54, 1.807) is 18.2 Å². The minimum atomic E-state index is -0.682. The second kappa shape index (κ2) is 5.92. The number of benzene rings is 1. The number of hydrogen-bond acceptors (Lipinski definition) is 4. The van der Waals surface area contributed by atoms with Crippen LogP contribution in [-0.2, 0) is 9.53 Å². The molecule has 1 rings (SSSR count). The SMILES string of the molecule is COC(=O)/C(C#N)=C\Nc1ccc(C)c(Cl)c1. The van der Waals surface area contributed by atoms with Crippen LogP contribution in [0.4, 0.5) is 5.69 Å². The second-order valence-corrected chi connectivity index (χ2v) is 3.68. The monoisotopic (exact) mass is 250 g/mol. The summed E-state index contributed by atoms with van der Waals surface area (Å²) in [5.41, 5.74) is 1.54. The lowest BCUT2D eigenvalue weighted by Gasteiger charge is -2.04. The Balaban J connectivity index is 2.85. The van der Waals surface area contributed by atoms with Crippen LogP contribution in [0.2, 0.25) is 5.02 Å². The summed E-state index contributed by atoms with van der Waals surface area (Å²) >= 11 is 5.94. The van der Waals surface area contributed by atoms with E-state index in [2.05, 4.69) is 10.1 Å². The van der Waals surface area contributed by atoms with E-state index in [0.29, 0.717) is 10.7 Å². The fourth-order valence-corrected chi connectivity index (χ4v) is 1.27. The lowest BCUT2D eigenvalue weighted by atomic mass is 10.2. The van der Waals surface area contributed by atoms with Crippen molar-refractivity contribution >= 4 is 23.3 Å². The Morgan fingerprint density at radius 3 is 2.82 bits per heavy atom. The van der Waals surface area contributed by atoms with Crippen molar-refractivity contribution in [1.82, 2.24) is 0 Å².